The Bertz CT molecular complexity index is 615. The molecule has 1 aromatic carbocycles. The van der Waals surface area contributed by atoms with Crippen LogP contribution in [0.1, 0.15) is 12.8 Å². The lowest BCUT2D eigenvalue weighted by Gasteiger charge is -2.22. The first-order valence-electron chi connectivity index (χ1n) is 6.65. The van der Waals surface area contributed by atoms with Gasteiger partial charge in [0.15, 0.2) is 11.6 Å². The minimum atomic E-state index is -0.897. The van der Waals surface area contributed by atoms with Crippen LogP contribution in [0.5, 0.6) is 0 Å². The van der Waals surface area contributed by atoms with E-state index in [2.05, 4.69) is 15.3 Å². The largest absolute Gasteiger partial charge is 0.381 e. The van der Waals surface area contributed by atoms with Gasteiger partial charge in [-0.2, -0.15) is 0 Å². The molecule has 106 valence electrons. The van der Waals surface area contributed by atoms with E-state index in [-0.39, 0.29) is 0 Å². The highest BCUT2D eigenvalue weighted by Crippen LogP contribution is 2.23. The lowest BCUT2D eigenvalue weighted by Crippen LogP contribution is -2.23. The van der Waals surface area contributed by atoms with Gasteiger partial charge in [-0.15, -0.1) is 0 Å². The van der Waals surface area contributed by atoms with E-state index in [1.54, 1.807) is 0 Å². The summed E-state index contributed by atoms with van der Waals surface area (Å²) in [6, 6.07) is 2.23. The van der Waals surface area contributed by atoms with Crippen LogP contribution in [-0.4, -0.2) is 29.7 Å². The standard InChI is InChI=1S/C14H15F2N3O/c15-11-5-10-13(6-12(11)16)18-8-19-14(10)17-7-9-1-3-20-4-2-9/h5-6,8-9H,1-4,7H2,(H,17,18,19). The summed E-state index contributed by atoms with van der Waals surface area (Å²) >= 11 is 0. The zero-order valence-electron chi connectivity index (χ0n) is 10.9. The van der Waals surface area contributed by atoms with Crippen molar-refractivity contribution in [1.82, 2.24) is 9.97 Å². The fourth-order valence-corrected chi connectivity index (χ4v) is 2.38. The number of halogens is 2. The normalized spacial score (nSPS) is 16.5. The highest BCUT2D eigenvalue weighted by atomic mass is 19.2. The molecule has 2 heterocycles. The van der Waals surface area contributed by atoms with Crippen LogP contribution in [0.4, 0.5) is 14.6 Å². The predicted octanol–water partition coefficient (Wildman–Crippen LogP) is 2.75. The number of ether oxygens (including phenoxy) is 1. The van der Waals surface area contributed by atoms with Gasteiger partial charge in [0, 0.05) is 31.2 Å². The number of rotatable bonds is 3. The zero-order chi connectivity index (χ0) is 13.9. The molecule has 0 aliphatic carbocycles. The smallest absolute Gasteiger partial charge is 0.161 e. The number of benzene rings is 1. The molecule has 4 nitrogen and oxygen atoms in total. The molecule has 0 radical (unpaired) electrons. The number of fused-ring (bicyclic) bond motifs is 1. The Morgan fingerprint density at radius 2 is 1.90 bits per heavy atom. The van der Waals surface area contributed by atoms with Crippen molar-refractivity contribution in [3.8, 4) is 0 Å². The SMILES string of the molecule is Fc1cc2ncnc(NCC3CCOCC3)c2cc1F. The molecule has 20 heavy (non-hydrogen) atoms. The Labute approximate surface area is 115 Å². The molecule has 0 atom stereocenters. The Morgan fingerprint density at radius 3 is 2.70 bits per heavy atom. The van der Waals surface area contributed by atoms with E-state index in [9.17, 15) is 8.78 Å². The molecule has 0 unspecified atom stereocenters. The van der Waals surface area contributed by atoms with Gasteiger partial charge in [0.05, 0.1) is 5.52 Å². The lowest BCUT2D eigenvalue weighted by atomic mass is 10.0. The van der Waals surface area contributed by atoms with E-state index in [1.807, 2.05) is 0 Å². The minimum absolute atomic E-state index is 0.397. The van der Waals surface area contributed by atoms with Gasteiger partial charge < -0.3 is 10.1 Å². The molecule has 0 bridgehead atoms. The second-order valence-electron chi connectivity index (χ2n) is 4.94. The van der Waals surface area contributed by atoms with Crippen molar-refractivity contribution in [2.24, 2.45) is 5.92 Å². The lowest BCUT2D eigenvalue weighted by molar-refractivity contribution is 0.0699. The molecule has 2 aromatic rings. The maximum absolute atomic E-state index is 13.3. The number of hydrogen-bond acceptors (Lipinski definition) is 4. The average Bonchev–Trinajstić information content (AvgIpc) is 2.47. The maximum atomic E-state index is 13.3. The Balaban J connectivity index is 1.81. The van der Waals surface area contributed by atoms with Crippen LogP contribution >= 0.6 is 0 Å². The summed E-state index contributed by atoms with van der Waals surface area (Å²) in [4.78, 5) is 8.08. The van der Waals surface area contributed by atoms with E-state index < -0.39 is 11.6 Å². The molecule has 3 rings (SSSR count). The van der Waals surface area contributed by atoms with E-state index in [4.69, 9.17) is 4.74 Å². The van der Waals surface area contributed by atoms with Gasteiger partial charge in [-0.3, -0.25) is 0 Å². The number of nitrogens with zero attached hydrogens (tertiary/aromatic N) is 2. The van der Waals surface area contributed by atoms with Gasteiger partial charge in [0.25, 0.3) is 0 Å². The summed E-state index contributed by atoms with van der Waals surface area (Å²) in [5.74, 6) is -0.729. The van der Waals surface area contributed by atoms with Crippen molar-refractivity contribution in [2.75, 3.05) is 25.1 Å². The maximum Gasteiger partial charge on any atom is 0.161 e. The van der Waals surface area contributed by atoms with Crippen molar-refractivity contribution in [2.45, 2.75) is 12.8 Å². The Morgan fingerprint density at radius 1 is 1.15 bits per heavy atom. The molecule has 1 fully saturated rings. The summed E-state index contributed by atoms with van der Waals surface area (Å²) in [6.07, 6.45) is 3.35. The molecule has 1 aliphatic rings. The molecule has 0 saturated carbocycles. The number of aromatic nitrogens is 2. The van der Waals surface area contributed by atoms with Gasteiger partial charge in [-0.05, 0) is 24.8 Å². The van der Waals surface area contributed by atoms with E-state index in [0.717, 1.165) is 44.7 Å². The van der Waals surface area contributed by atoms with Crippen molar-refractivity contribution in [3.05, 3.63) is 30.1 Å². The Hall–Kier alpha value is -1.82. The first-order chi connectivity index (χ1) is 9.74. The van der Waals surface area contributed by atoms with E-state index >= 15 is 0 Å². The predicted molar refractivity (Wildman–Crippen MR) is 71.5 cm³/mol. The van der Waals surface area contributed by atoms with Crippen LogP contribution in [-0.2, 0) is 4.74 Å². The molecule has 1 aliphatic heterocycles. The molecule has 1 N–H and O–H groups in total. The Kier molecular flexibility index (Phi) is 3.73. The van der Waals surface area contributed by atoms with Gasteiger partial charge in [0.2, 0.25) is 0 Å². The van der Waals surface area contributed by atoms with Crippen molar-refractivity contribution in [1.29, 1.82) is 0 Å². The van der Waals surface area contributed by atoms with Crippen LogP contribution in [0.3, 0.4) is 0 Å². The average molecular weight is 279 g/mol. The molecule has 6 heteroatoms. The zero-order valence-corrected chi connectivity index (χ0v) is 10.9. The van der Waals surface area contributed by atoms with Crippen molar-refractivity contribution in [3.63, 3.8) is 0 Å². The second-order valence-corrected chi connectivity index (χ2v) is 4.94. The summed E-state index contributed by atoms with van der Waals surface area (Å²) in [5, 5.41) is 3.71. The molecule has 0 amide bonds. The van der Waals surface area contributed by atoms with Crippen LogP contribution in [0, 0.1) is 17.6 Å². The van der Waals surface area contributed by atoms with Gasteiger partial charge >= 0.3 is 0 Å². The molecule has 0 spiro atoms. The van der Waals surface area contributed by atoms with Crippen molar-refractivity contribution >= 4 is 16.7 Å². The third kappa shape index (κ3) is 2.70. The van der Waals surface area contributed by atoms with Crippen LogP contribution in [0.15, 0.2) is 18.5 Å². The van der Waals surface area contributed by atoms with E-state index in [1.165, 1.54) is 6.33 Å². The first kappa shape index (κ1) is 13.2. The third-order valence-corrected chi connectivity index (χ3v) is 3.58. The van der Waals surface area contributed by atoms with Gasteiger partial charge in [0.1, 0.15) is 12.1 Å². The summed E-state index contributed by atoms with van der Waals surface area (Å²) in [6.45, 7) is 2.29. The first-order valence-corrected chi connectivity index (χ1v) is 6.65. The number of nitrogens with one attached hydrogen (secondary N) is 1. The van der Waals surface area contributed by atoms with E-state index in [0.29, 0.717) is 22.6 Å². The van der Waals surface area contributed by atoms with Crippen LogP contribution < -0.4 is 5.32 Å². The highest BCUT2D eigenvalue weighted by molar-refractivity contribution is 5.88. The van der Waals surface area contributed by atoms with Crippen LogP contribution in [0.2, 0.25) is 0 Å². The summed E-state index contributed by atoms with van der Waals surface area (Å²) in [5.41, 5.74) is 0.397. The minimum Gasteiger partial charge on any atom is -0.381 e. The fraction of sp³-hybridized carbons (Fsp3) is 0.429. The number of hydrogen-bond donors (Lipinski definition) is 1. The number of anilines is 1. The summed E-state index contributed by atoms with van der Waals surface area (Å²) in [7, 11) is 0. The fourth-order valence-electron chi connectivity index (χ4n) is 2.38. The summed E-state index contributed by atoms with van der Waals surface area (Å²) < 4.78 is 31.8. The topological polar surface area (TPSA) is 47.0 Å². The second kappa shape index (κ2) is 5.66. The quantitative estimate of drug-likeness (QED) is 0.938. The molecule has 1 saturated heterocycles. The van der Waals surface area contributed by atoms with Crippen molar-refractivity contribution < 1.29 is 13.5 Å². The molecular formula is C14H15F2N3O. The van der Waals surface area contributed by atoms with Gasteiger partial charge in [-0.25, -0.2) is 18.7 Å². The molecule has 1 aromatic heterocycles. The molecular weight excluding hydrogens is 264 g/mol. The highest BCUT2D eigenvalue weighted by Gasteiger charge is 2.15. The van der Waals surface area contributed by atoms with Crippen LogP contribution in [0.25, 0.3) is 10.9 Å². The third-order valence-electron chi connectivity index (χ3n) is 3.58. The monoisotopic (exact) mass is 279 g/mol. The van der Waals surface area contributed by atoms with Gasteiger partial charge in [-0.1, -0.05) is 0 Å².